The Morgan fingerprint density at radius 2 is 0.487 bits per heavy atom. The van der Waals surface area contributed by atoms with Crippen LogP contribution in [0, 0.1) is 0 Å². The maximum atomic E-state index is 13.5. The second-order valence-electron chi connectivity index (χ2n) is 7.15. The zero-order chi connectivity index (χ0) is 32.7. The Bertz CT molecular complexity index is 879. The van der Waals surface area contributed by atoms with E-state index in [4.69, 9.17) is 10.2 Å². The van der Waals surface area contributed by atoms with Crippen molar-refractivity contribution in [3.8, 4) is 0 Å². The summed E-state index contributed by atoms with van der Waals surface area (Å²) in [5, 5.41) is 16.6. The summed E-state index contributed by atoms with van der Waals surface area (Å²) in [7, 11) is 0. The summed E-state index contributed by atoms with van der Waals surface area (Å²) in [5.41, 5.74) is 0. The molecule has 0 radical (unpaired) electrons. The Labute approximate surface area is 195 Å². The molecule has 0 heterocycles. The maximum Gasteiger partial charge on any atom is 0.460 e. The van der Waals surface area contributed by atoms with Crippen LogP contribution in [0.3, 0.4) is 0 Å². The molecular weight excluding hydrogens is 644 g/mol. The largest absolute Gasteiger partial charge is 0.460 e. The van der Waals surface area contributed by atoms with E-state index in [0.717, 1.165) is 0 Å². The smallest absolute Gasteiger partial charge is 0.383 e. The molecular formula is C13H4F24O2. The van der Waals surface area contributed by atoms with Crippen molar-refractivity contribution in [2.45, 2.75) is 77.9 Å². The summed E-state index contributed by atoms with van der Waals surface area (Å²) in [5.74, 6) is -81.3. The molecule has 236 valence electrons. The summed E-state index contributed by atoms with van der Waals surface area (Å²) in [4.78, 5) is 0. The van der Waals surface area contributed by atoms with Gasteiger partial charge in [-0.15, -0.1) is 0 Å². The van der Waals surface area contributed by atoms with Crippen LogP contribution in [-0.2, 0) is 0 Å². The average Bonchev–Trinajstić information content (AvgIpc) is 2.69. The van der Waals surface area contributed by atoms with E-state index in [0.29, 0.717) is 0 Å². The number of hydrogen-bond acceptors (Lipinski definition) is 2. The Kier molecular flexibility index (Phi) is 8.71. The molecule has 2 nitrogen and oxygen atoms in total. The zero-order valence-corrected chi connectivity index (χ0v) is 16.6. The molecule has 0 saturated heterocycles. The summed E-state index contributed by atoms with van der Waals surface area (Å²) >= 11 is 0. The first kappa shape index (κ1) is 37.2. The molecule has 0 aromatic rings. The van der Waals surface area contributed by atoms with Crippen LogP contribution < -0.4 is 0 Å². The van der Waals surface area contributed by atoms with Crippen molar-refractivity contribution >= 4 is 0 Å². The molecule has 0 spiro atoms. The highest BCUT2D eigenvalue weighted by molar-refractivity contribution is 5.18. The molecule has 0 amide bonds. The second-order valence-corrected chi connectivity index (χ2v) is 7.15. The van der Waals surface area contributed by atoms with Crippen molar-refractivity contribution in [3.63, 3.8) is 0 Å². The Morgan fingerprint density at radius 1 is 0.282 bits per heavy atom. The van der Waals surface area contributed by atoms with E-state index in [1.165, 1.54) is 0 Å². The van der Waals surface area contributed by atoms with Crippen LogP contribution in [0.15, 0.2) is 0 Å². The first-order valence-corrected chi connectivity index (χ1v) is 8.21. The third kappa shape index (κ3) is 4.68. The number of alkyl halides is 24. The molecule has 0 fully saturated rings. The minimum Gasteiger partial charge on any atom is -0.383 e. The number of aliphatic hydroxyl groups is 2. The quantitative estimate of drug-likeness (QED) is 0.264. The van der Waals surface area contributed by atoms with Crippen molar-refractivity contribution in [1.29, 1.82) is 0 Å². The first-order chi connectivity index (χ1) is 16.3. The van der Waals surface area contributed by atoms with Gasteiger partial charge in [0.2, 0.25) is 0 Å². The van der Waals surface area contributed by atoms with Gasteiger partial charge in [0.15, 0.2) is 12.2 Å². The highest BCUT2D eigenvalue weighted by Crippen LogP contribution is 2.66. The standard InChI is InChI=1S/C13H4F24O2/c14-3(15,1(38)2(39)4(16,17)18)5(19,20)6(21,22)7(23,24)8(25,26)9(27,28)10(29,30)11(31,32)12(33,34)13(35,36)37/h1-2,38-39H. The lowest BCUT2D eigenvalue weighted by molar-refractivity contribution is -0.476. The van der Waals surface area contributed by atoms with Gasteiger partial charge in [-0.2, -0.15) is 105 Å². The van der Waals surface area contributed by atoms with Gasteiger partial charge in [-0.05, 0) is 0 Å². The van der Waals surface area contributed by atoms with Gasteiger partial charge in [-0.3, -0.25) is 0 Å². The summed E-state index contributed by atoms with van der Waals surface area (Å²) in [6.07, 6.45) is -26.1. The van der Waals surface area contributed by atoms with E-state index in [9.17, 15) is 105 Å². The topological polar surface area (TPSA) is 40.5 Å². The summed E-state index contributed by atoms with van der Waals surface area (Å²) in [6, 6.07) is 0. The van der Waals surface area contributed by atoms with Gasteiger partial charge in [-0.1, -0.05) is 0 Å². The van der Waals surface area contributed by atoms with Crippen molar-refractivity contribution in [2.24, 2.45) is 0 Å². The van der Waals surface area contributed by atoms with Gasteiger partial charge in [0, 0.05) is 0 Å². The van der Waals surface area contributed by atoms with Gasteiger partial charge in [0.05, 0.1) is 0 Å². The molecule has 0 bridgehead atoms. The maximum absolute atomic E-state index is 13.5. The average molecular weight is 648 g/mol. The fraction of sp³-hybridized carbons (Fsp3) is 1.00. The minimum absolute atomic E-state index is 5.36. The highest BCUT2D eigenvalue weighted by atomic mass is 19.4. The number of aliphatic hydroxyl groups excluding tert-OH is 2. The number of halogens is 24. The van der Waals surface area contributed by atoms with Gasteiger partial charge >= 0.3 is 65.7 Å². The number of hydrogen-bond donors (Lipinski definition) is 2. The lowest BCUT2D eigenvalue weighted by atomic mass is 9.85. The van der Waals surface area contributed by atoms with Crippen LogP contribution in [0.2, 0.25) is 0 Å². The van der Waals surface area contributed by atoms with Crippen LogP contribution in [0.5, 0.6) is 0 Å². The van der Waals surface area contributed by atoms with E-state index >= 15 is 0 Å². The molecule has 0 aliphatic rings. The van der Waals surface area contributed by atoms with Crippen LogP contribution >= 0.6 is 0 Å². The molecule has 2 N–H and O–H groups in total. The first-order valence-electron chi connectivity index (χ1n) is 8.21. The monoisotopic (exact) mass is 648 g/mol. The third-order valence-corrected chi connectivity index (χ3v) is 4.54. The van der Waals surface area contributed by atoms with Crippen molar-refractivity contribution in [2.75, 3.05) is 0 Å². The van der Waals surface area contributed by atoms with E-state index in [2.05, 4.69) is 0 Å². The van der Waals surface area contributed by atoms with E-state index < -0.39 is 77.9 Å². The van der Waals surface area contributed by atoms with Crippen LogP contribution in [0.25, 0.3) is 0 Å². The fourth-order valence-electron chi connectivity index (χ4n) is 2.13. The fourth-order valence-corrected chi connectivity index (χ4v) is 2.13. The number of rotatable bonds is 10. The van der Waals surface area contributed by atoms with E-state index in [-0.39, 0.29) is 0 Å². The molecule has 0 aliphatic carbocycles. The van der Waals surface area contributed by atoms with Crippen LogP contribution in [-0.4, -0.2) is 88.1 Å². The van der Waals surface area contributed by atoms with Crippen molar-refractivity contribution in [3.05, 3.63) is 0 Å². The minimum atomic E-state index is -9.48. The van der Waals surface area contributed by atoms with E-state index in [1.807, 2.05) is 0 Å². The summed E-state index contributed by atoms with van der Waals surface area (Å²) < 4.78 is 311. The molecule has 2 unspecified atom stereocenters. The molecule has 0 rings (SSSR count). The molecule has 0 saturated carbocycles. The Morgan fingerprint density at radius 3 is 0.692 bits per heavy atom. The molecule has 2 atom stereocenters. The van der Waals surface area contributed by atoms with Gasteiger partial charge in [0.1, 0.15) is 0 Å². The Hall–Kier alpha value is -1.76. The molecule has 26 heteroatoms. The van der Waals surface area contributed by atoms with Crippen LogP contribution in [0.4, 0.5) is 105 Å². The summed E-state index contributed by atoms with van der Waals surface area (Å²) in [6.45, 7) is 0. The zero-order valence-electron chi connectivity index (χ0n) is 16.6. The van der Waals surface area contributed by atoms with Crippen molar-refractivity contribution < 1.29 is 116 Å². The van der Waals surface area contributed by atoms with Gasteiger partial charge in [0.25, 0.3) is 0 Å². The van der Waals surface area contributed by atoms with E-state index in [1.54, 1.807) is 0 Å². The van der Waals surface area contributed by atoms with Crippen LogP contribution in [0.1, 0.15) is 0 Å². The molecule has 0 aromatic heterocycles. The predicted molar refractivity (Wildman–Crippen MR) is 68.6 cm³/mol. The van der Waals surface area contributed by atoms with Crippen molar-refractivity contribution in [1.82, 2.24) is 0 Å². The molecule has 0 aliphatic heterocycles. The predicted octanol–water partition coefficient (Wildman–Crippen LogP) is 6.55. The van der Waals surface area contributed by atoms with Gasteiger partial charge in [-0.25, -0.2) is 0 Å². The van der Waals surface area contributed by atoms with Gasteiger partial charge < -0.3 is 10.2 Å². The highest BCUT2D eigenvalue weighted by Gasteiger charge is 2.98. The molecule has 39 heavy (non-hydrogen) atoms. The lowest BCUT2D eigenvalue weighted by Gasteiger charge is -2.45. The SMILES string of the molecule is OC(C(O)C(F)(F)C(F)(F)C(F)(F)C(F)(F)C(F)(F)C(F)(F)C(F)(F)C(F)(F)C(F)(F)C(F)(F)F)C(F)(F)F. The Balaban J connectivity index is 7.16. The normalized spacial score (nSPS) is 18.3. The molecule has 0 aromatic carbocycles. The third-order valence-electron chi connectivity index (χ3n) is 4.54. The second kappa shape index (κ2) is 9.12. The lowest BCUT2D eigenvalue weighted by Crippen LogP contribution is -2.77.